The van der Waals surface area contributed by atoms with Crippen molar-refractivity contribution in [3.05, 3.63) is 35.5 Å². The standard InChI is InChI=1S/C14H19N3O2/c1-10-11(6-5-9-15)14(19-2)17(16-10)12-7-3-4-8-13(12)18/h3-4,7-8,18H,5-6,9,15H2,1-2H3. The molecule has 0 aliphatic rings. The first kappa shape index (κ1) is 13.4. The van der Waals surface area contributed by atoms with Gasteiger partial charge in [-0.1, -0.05) is 12.1 Å². The molecule has 1 aromatic heterocycles. The van der Waals surface area contributed by atoms with Crippen molar-refractivity contribution in [2.75, 3.05) is 13.7 Å². The van der Waals surface area contributed by atoms with Gasteiger partial charge in [-0.25, -0.2) is 0 Å². The van der Waals surface area contributed by atoms with E-state index in [4.69, 9.17) is 10.5 Å². The van der Waals surface area contributed by atoms with Crippen LogP contribution in [0.4, 0.5) is 0 Å². The van der Waals surface area contributed by atoms with Crippen molar-refractivity contribution in [2.45, 2.75) is 19.8 Å². The van der Waals surface area contributed by atoms with Gasteiger partial charge in [0.2, 0.25) is 5.88 Å². The zero-order valence-corrected chi connectivity index (χ0v) is 11.3. The van der Waals surface area contributed by atoms with Crippen LogP contribution in [0.25, 0.3) is 5.69 Å². The molecule has 1 heterocycles. The van der Waals surface area contributed by atoms with Crippen molar-refractivity contribution in [1.29, 1.82) is 0 Å². The molecule has 0 bridgehead atoms. The monoisotopic (exact) mass is 261 g/mol. The molecule has 0 amide bonds. The number of aromatic nitrogens is 2. The highest BCUT2D eigenvalue weighted by Gasteiger charge is 2.18. The SMILES string of the molecule is COc1c(CCCN)c(C)nn1-c1ccccc1O. The van der Waals surface area contributed by atoms with Crippen LogP contribution in [0.3, 0.4) is 0 Å². The summed E-state index contributed by atoms with van der Waals surface area (Å²) in [5.41, 5.74) is 8.10. The van der Waals surface area contributed by atoms with E-state index in [-0.39, 0.29) is 5.75 Å². The van der Waals surface area contributed by atoms with Crippen LogP contribution in [0.1, 0.15) is 17.7 Å². The molecule has 102 valence electrons. The average Bonchev–Trinajstić information content (AvgIpc) is 2.73. The summed E-state index contributed by atoms with van der Waals surface area (Å²) >= 11 is 0. The lowest BCUT2D eigenvalue weighted by Gasteiger charge is -2.09. The van der Waals surface area contributed by atoms with Gasteiger partial charge < -0.3 is 15.6 Å². The third-order valence-electron chi connectivity index (χ3n) is 3.07. The second kappa shape index (κ2) is 5.75. The van der Waals surface area contributed by atoms with E-state index in [1.165, 1.54) is 0 Å². The summed E-state index contributed by atoms with van der Waals surface area (Å²) in [7, 11) is 1.61. The highest BCUT2D eigenvalue weighted by atomic mass is 16.5. The number of aromatic hydroxyl groups is 1. The fraction of sp³-hybridized carbons (Fsp3) is 0.357. The van der Waals surface area contributed by atoms with Crippen molar-refractivity contribution in [2.24, 2.45) is 5.73 Å². The van der Waals surface area contributed by atoms with Gasteiger partial charge in [0.15, 0.2) is 0 Å². The Balaban J connectivity index is 2.50. The first-order chi connectivity index (χ1) is 9.19. The second-order valence-corrected chi connectivity index (χ2v) is 4.37. The molecule has 0 saturated heterocycles. The molecule has 1 aromatic carbocycles. The summed E-state index contributed by atoms with van der Waals surface area (Å²) in [6.45, 7) is 2.56. The maximum absolute atomic E-state index is 9.92. The number of ether oxygens (including phenoxy) is 1. The van der Waals surface area contributed by atoms with E-state index >= 15 is 0 Å². The van der Waals surface area contributed by atoms with Gasteiger partial charge in [0.1, 0.15) is 11.4 Å². The number of rotatable bonds is 5. The summed E-state index contributed by atoms with van der Waals surface area (Å²) in [6.07, 6.45) is 1.70. The van der Waals surface area contributed by atoms with E-state index in [9.17, 15) is 5.11 Å². The van der Waals surface area contributed by atoms with E-state index in [1.807, 2.05) is 13.0 Å². The van der Waals surface area contributed by atoms with Crippen LogP contribution in [0.2, 0.25) is 0 Å². The molecule has 0 unspecified atom stereocenters. The fourth-order valence-electron chi connectivity index (χ4n) is 2.12. The van der Waals surface area contributed by atoms with Crippen molar-refractivity contribution >= 4 is 0 Å². The smallest absolute Gasteiger partial charge is 0.220 e. The molecule has 0 aliphatic carbocycles. The van der Waals surface area contributed by atoms with Crippen LogP contribution in [0.15, 0.2) is 24.3 Å². The Hall–Kier alpha value is -2.01. The molecule has 0 spiro atoms. The lowest BCUT2D eigenvalue weighted by atomic mass is 10.1. The van der Waals surface area contributed by atoms with Gasteiger partial charge in [-0.2, -0.15) is 9.78 Å². The van der Waals surface area contributed by atoms with E-state index in [2.05, 4.69) is 5.10 Å². The number of phenolic OH excluding ortho intramolecular Hbond substituents is 1. The van der Waals surface area contributed by atoms with Crippen LogP contribution in [-0.4, -0.2) is 28.5 Å². The number of benzene rings is 1. The molecule has 0 saturated carbocycles. The summed E-state index contributed by atoms with van der Waals surface area (Å²) < 4.78 is 7.09. The Labute approximate surface area is 112 Å². The largest absolute Gasteiger partial charge is 0.506 e. The van der Waals surface area contributed by atoms with E-state index < -0.39 is 0 Å². The first-order valence-corrected chi connectivity index (χ1v) is 6.30. The number of hydrogen-bond acceptors (Lipinski definition) is 4. The minimum atomic E-state index is 0.175. The van der Waals surface area contributed by atoms with Crippen LogP contribution in [0, 0.1) is 6.92 Å². The molecule has 0 radical (unpaired) electrons. The van der Waals surface area contributed by atoms with Gasteiger partial charge in [-0.15, -0.1) is 0 Å². The first-order valence-electron chi connectivity index (χ1n) is 6.30. The van der Waals surface area contributed by atoms with Crippen LogP contribution in [-0.2, 0) is 6.42 Å². The van der Waals surface area contributed by atoms with Crippen molar-refractivity contribution in [1.82, 2.24) is 9.78 Å². The van der Waals surface area contributed by atoms with Crippen LogP contribution < -0.4 is 10.5 Å². The number of methoxy groups -OCH3 is 1. The van der Waals surface area contributed by atoms with Crippen molar-refractivity contribution < 1.29 is 9.84 Å². The van der Waals surface area contributed by atoms with E-state index in [0.29, 0.717) is 18.1 Å². The topological polar surface area (TPSA) is 73.3 Å². The van der Waals surface area contributed by atoms with E-state index in [0.717, 1.165) is 24.1 Å². The second-order valence-electron chi connectivity index (χ2n) is 4.37. The van der Waals surface area contributed by atoms with Gasteiger partial charge in [0.25, 0.3) is 0 Å². The average molecular weight is 261 g/mol. The molecule has 5 nitrogen and oxygen atoms in total. The maximum atomic E-state index is 9.92. The molecular weight excluding hydrogens is 242 g/mol. The summed E-state index contributed by atoms with van der Waals surface area (Å²) in [6, 6.07) is 7.06. The van der Waals surface area contributed by atoms with Crippen LogP contribution in [0.5, 0.6) is 11.6 Å². The Morgan fingerprint density at radius 3 is 2.74 bits per heavy atom. The number of hydrogen-bond donors (Lipinski definition) is 2. The molecule has 2 rings (SSSR count). The lowest BCUT2D eigenvalue weighted by molar-refractivity contribution is 0.376. The Kier molecular flexibility index (Phi) is 4.06. The van der Waals surface area contributed by atoms with Gasteiger partial charge >= 0.3 is 0 Å². The van der Waals surface area contributed by atoms with Crippen LogP contribution >= 0.6 is 0 Å². The lowest BCUT2D eigenvalue weighted by Crippen LogP contribution is -2.03. The fourth-order valence-corrected chi connectivity index (χ4v) is 2.12. The minimum Gasteiger partial charge on any atom is -0.506 e. The van der Waals surface area contributed by atoms with Gasteiger partial charge in [-0.3, -0.25) is 0 Å². The summed E-state index contributed by atoms with van der Waals surface area (Å²) in [5.74, 6) is 0.834. The summed E-state index contributed by atoms with van der Waals surface area (Å²) in [4.78, 5) is 0. The van der Waals surface area contributed by atoms with Gasteiger partial charge in [-0.05, 0) is 38.4 Å². The molecule has 5 heteroatoms. The molecule has 0 atom stereocenters. The molecular formula is C14H19N3O2. The Morgan fingerprint density at radius 1 is 1.37 bits per heavy atom. The highest BCUT2D eigenvalue weighted by molar-refractivity contribution is 5.49. The molecule has 3 N–H and O–H groups in total. The van der Waals surface area contributed by atoms with Crippen molar-refractivity contribution in [3.8, 4) is 17.3 Å². The zero-order valence-electron chi connectivity index (χ0n) is 11.3. The predicted octanol–water partition coefficient (Wildman–Crippen LogP) is 1.79. The molecule has 0 aliphatic heterocycles. The number of nitrogens with two attached hydrogens (primary N) is 1. The summed E-state index contributed by atoms with van der Waals surface area (Å²) in [5, 5.41) is 14.4. The number of para-hydroxylation sites is 2. The number of nitrogens with zero attached hydrogens (tertiary/aromatic N) is 2. The zero-order chi connectivity index (χ0) is 13.8. The van der Waals surface area contributed by atoms with Crippen molar-refractivity contribution in [3.63, 3.8) is 0 Å². The van der Waals surface area contributed by atoms with Gasteiger partial charge in [0, 0.05) is 5.56 Å². The Morgan fingerprint density at radius 2 is 2.11 bits per heavy atom. The minimum absolute atomic E-state index is 0.175. The highest BCUT2D eigenvalue weighted by Crippen LogP contribution is 2.30. The third kappa shape index (κ3) is 2.56. The molecule has 2 aromatic rings. The Bertz CT molecular complexity index is 564. The van der Waals surface area contributed by atoms with Gasteiger partial charge in [0.05, 0.1) is 12.8 Å². The normalized spacial score (nSPS) is 10.7. The third-order valence-corrected chi connectivity index (χ3v) is 3.07. The molecule has 19 heavy (non-hydrogen) atoms. The number of aryl methyl sites for hydroxylation is 1. The van der Waals surface area contributed by atoms with E-state index in [1.54, 1.807) is 30.0 Å². The maximum Gasteiger partial charge on any atom is 0.220 e. The number of phenols is 1. The molecule has 0 fully saturated rings. The quantitative estimate of drug-likeness (QED) is 0.860. The predicted molar refractivity (Wildman–Crippen MR) is 73.9 cm³/mol.